The van der Waals surface area contributed by atoms with Crippen molar-refractivity contribution in [2.24, 2.45) is 11.8 Å². The molecule has 2 fully saturated rings. The van der Waals surface area contributed by atoms with E-state index in [4.69, 9.17) is 4.74 Å². The number of rotatable bonds is 2. The number of aryl methyl sites for hydroxylation is 1. The van der Waals surface area contributed by atoms with Crippen molar-refractivity contribution in [3.63, 3.8) is 0 Å². The normalized spacial score (nSPS) is 23.6. The van der Waals surface area contributed by atoms with Gasteiger partial charge in [-0.1, -0.05) is 0 Å². The van der Waals surface area contributed by atoms with Crippen molar-refractivity contribution >= 4 is 18.0 Å². The fourth-order valence-corrected chi connectivity index (χ4v) is 4.56. The van der Waals surface area contributed by atoms with Gasteiger partial charge in [0.2, 0.25) is 0 Å². The van der Waals surface area contributed by atoms with Crippen molar-refractivity contribution in [1.82, 2.24) is 14.2 Å². The summed E-state index contributed by atoms with van der Waals surface area (Å²) in [5.41, 5.74) is -0.998. The van der Waals surface area contributed by atoms with Crippen LogP contribution in [-0.2, 0) is 10.9 Å². The van der Waals surface area contributed by atoms with Crippen molar-refractivity contribution in [2.75, 3.05) is 26.2 Å². The number of carbonyl (C=O) groups excluding carboxylic acids is 1. The second-order valence-corrected chi connectivity index (χ2v) is 9.26. The van der Waals surface area contributed by atoms with Crippen LogP contribution in [0.2, 0.25) is 0 Å². The van der Waals surface area contributed by atoms with E-state index < -0.39 is 17.5 Å². The smallest absolute Gasteiger partial charge is 0.433 e. The zero-order valence-electron chi connectivity index (χ0n) is 15.8. The zero-order chi connectivity index (χ0) is 20.0. The number of carbonyl (C=O) groups is 1. The molecule has 5 nitrogen and oxygen atoms in total. The number of ether oxygens (including phenoxy) is 1. The summed E-state index contributed by atoms with van der Waals surface area (Å²) in [6, 6.07) is 2.51. The molecule has 3 rings (SSSR count). The minimum Gasteiger partial charge on any atom is -0.444 e. The van der Waals surface area contributed by atoms with Gasteiger partial charge in [-0.15, -0.1) is 0 Å². The van der Waals surface area contributed by atoms with Gasteiger partial charge in [0.25, 0.3) is 0 Å². The second-order valence-electron chi connectivity index (χ2n) is 8.12. The van der Waals surface area contributed by atoms with Crippen LogP contribution in [0.15, 0.2) is 17.0 Å². The molecule has 0 spiro atoms. The average Bonchev–Trinajstić information content (AvgIpc) is 3.04. The van der Waals surface area contributed by atoms with Crippen molar-refractivity contribution in [1.29, 1.82) is 0 Å². The van der Waals surface area contributed by atoms with E-state index in [0.29, 0.717) is 30.6 Å². The van der Waals surface area contributed by atoms with Gasteiger partial charge in [-0.25, -0.2) is 14.1 Å². The summed E-state index contributed by atoms with van der Waals surface area (Å²) < 4.78 is 45.8. The van der Waals surface area contributed by atoms with Crippen LogP contribution in [0.3, 0.4) is 0 Å². The molecular weight excluding hydrogens is 379 g/mol. The number of halogens is 3. The summed E-state index contributed by atoms with van der Waals surface area (Å²) in [5, 5.41) is 0. The van der Waals surface area contributed by atoms with Gasteiger partial charge in [0.15, 0.2) is 0 Å². The van der Waals surface area contributed by atoms with Gasteiger partial charge in [0, 0.05) is 31.1 Å². The zero-order valence-corrected chi connectivity index (χ0v) is 16.7. The van der Waals surface area contributed by atoms with E-state index in [-0.39, 0.29) is 6.09 Å². The van der Waals surface area contributed by atoms with Gasteiger partial charge in [-0.3, -0.25) is 0 Å². The Morgan fingerprint density at radius 3 is 2.22 bits per heavy atom. The molecule has 1 aromatic rings. The Hall–Kier alpha value is -1.48. The highest BCUT2D eigenvalue weighted by Gasteiger charge is 2.43. The molecule has 2 aliphatic rings. The van der Waals surface area contributed by atoms with Crippen LogP contribution in [0.25, 0.3) is 0 Å². The molecule has 0 N–H and O–H groups in total. The molecule has 0 saturated carbocycles. The fourth-order valence-electron chi connectivity index (χ4n) is 3.44. The maximum Gasteiger partial charge on any atom is 0.433 e. The first-order chi connectivity index (χ1) is 12.4. The van der Waals surface area contributed by atoms with Crippen molar-refractivity contribution < 1.29 is 22.7 Å². The highest BCUT2D eigenvalue weighted by Crippen LogP contribution is 2.38. The Balaban J connectivity index is 1.56. The topological polar surface area (TPSA) is 45.7 Å². The number of likely N-dealkylation sites (tertiary alicyclic amines) is 1. The number of fused-ring (bicyclic) bond motifs is 1. The highest BCUT2D eigenvalue weighted by molar-refractivity contribution is 7.97. The molecule has 2 unspecified atom stereocenters. The molecule has 1 amide bonds. The number of aromatic nitrogens is 1. The molecule has 27 heavy (non-hydrogen) atoms. The van der Waals surface area contributed by atoms with E-state index in [1.54, 1.807) is 11.8 Å². The van der Waals surface area contributed by atoms with Crippen LogP contribution < -0.4 is 0 Å². The second kappa shape index (κ2) is 7.16. The van der Waals surface area contributed by atoms with Crippen LogP contribution in [0.4, 0.5) is 18.0 Å². The minimum absolute atomic E-state index is 0.279. The van der Waals surface area contributed by atoms with Gasteiger partial charge < -0.3 is 9.64 Å². The third-order valence-corrected chi connectivity index (χ3v) is 5.84. The van der Waals surface area contributed by atoms with Crippen molar-refractivity contribution in [2.45, 2.75) is 44.4 Å². The van der Waals surface area contributed by atoms with Gasteiger partial charge >= 0.3 is 12.3 Å². The number of amides is 1. The Kier molecular flexibility index (Phi) is 5.37. The third-order valence-electron chi connectivity index (χ3n) is 4.66. The van der Waals surface area contributed by atoms with Gasteiger partial charge in [0.05, 0.1) is 5.69 Å². The van der Waals surface area contributed by atoms with Gasteiger partial charge in [-0.05, 0) is 63.6 Å². The lowest BCUT2D eigenvalue weighted by molar-refractivity contribution is -0.141. The molecule has 0 radical (unpaired) electrons. The maximum absolute atomic E-state index is 12.7. The molecular formula is C18H24F3N3O2S. The van der Waals surface area contributed by atoms with Crippen LogP contribution in [-0.4, -0.2) is 52.1 Å². The minimum atomic E-state index is -4.43. The SMILES string of the molecule is Cc1nc(C(F)(F)F)ccc1SN1CC2CN(C(=O)OC(C)(C)C)CC2C1. The van der Waals surface area contributed by atoms with Crippen LogP contribution in [0.5, 0.6) is 0 Å². The van der Waals surface area contributed by atoms with E-state index in [2.05, 4.69) is 9.29 Å². The van der Waals surface area contributed by atoms with Crippen LogP contribution in [0, 0.1) is 18.8 Å². The molecule has 2 aliphatic heterocycles. The largest absolute Gasteiger partial charge is 0.444 e. The van der Waals surface area contributed by atoms with Crippen molar-refractivity contribution in [3.05, 3.63) is 23.5 Å². The molecule has 150 valence electrons. The molecule has 0 aromatic carbocycles. The summed E-state index contributed by atoms with van der Waals surface area (Å²) >= 11 is 1.44. The van der Waals surface area contributed by atoms with Gasteiger partial charge in [-0.2, -0.15) is 13.2 Å². The third kappa shape index (κ3) is 4.87. The van der Waals surface area contributed by atoms with E-state index in [0.717, 1.165) is 24.1 Å². The predicted molar refractivity (Wildman–Crippen MR) is 96.2 cm³/mol. The summed E-state index contributed by atoms with van der Waals surface area (Å²) in [6.45, 7) is 10.0. The Morgan fingerprint density at radius 1 is 1.15 bits per heavy atom. The molecule has 1 aromatic heterocycles. The Bertz CT molecular complexity index is 707. The fraction of sp³-hybridized carbons (Fsp3) is 0.667. The molecule has 9 heteroatoms. The summed E-state index contributed by atoms with van der Waals surface area (Å²) in [5.74, 6) is 0.709. The summed E-state index contributed by atoms with van der Waals surface area (Å²) in [7, 11) is 0. The predicted octanol–water partition coefficient (Wildman–Crippen LogP) is 4.21. The standard InChI is InChI=1S/C18H24F3N3O2S/c1-11-14(5-6-15(22-11)18(19,20)21)27-24-9-12-7-23(8-13(12)10-24)16(25)26-17(2,3)4/h5-6,12-13H,7-10H2,1-4H3. The van der Waals surface area contributed by atoms with E-state index in [9.17, 15) is 18.0 Å². The van der Waals surface area contributed by atoms with Crippen LogP contribution in [0.1, 0.15) is 32.2 Å². The number of alkyl halides is 3. The van der Waals surface area contributed by atoms with E-state index in [1.807, 2.05) is 20.8 Å². The maximum atomic E-state index is 12.7. The molecule has 0 bridgehead atoms. The molecule has 2 saturated heterocycles. The lowest BCUT2D eigenvalue weighted by Gasteiger charge is -2.25. The highest BCUT2D eigenvalue weighted by atomic mass is 32.2. The van der Waals surface area contributed by atoms with E-state index >= 15 is 0 Å². The molecule has 3 heterocycles. The quantitative estimate of drug-likeness (QED) is 0.692. The first-order valence-corrected chi connectivity index (χ1v) is 9.65. The first-order valence-electron chi connectivity index (χ1n) is 8.88. The Labute approximate surface area is 161 Å². The lowest BCUT2D eigenvalue weighted by Crippen LogP contribution is -2.37. The first kappa shape index (κ1) is 20.3. The number of pyridine rings is 1. The van der Waals surface area contributed by atoms with Crippen molar-refractivity contribution in [3.8, 4) is 0 Å². The lowest BCUT2D eigenvalue weighted by atomic mass is 10.0. The number of hydrogen-bond acceptors (Lipinski definition) is 5. The number of hydrogen-bond donors (Lipinski definition) is 0. The summed E-state index contributed by atoms with van der Waals surface area (Å²) in [4.78, 5) is 18.4. The average molecular weight is 403 g/mol. The Morgan fingerprint density at radius 2 is 1.74 bits per heavy atom. The van der Waals surface area contributed by atoms with Gasteiger partial charge in [0.1, 0.15) is 11.3 Å². The van der Waals surface area contributed by atoms with E-state index in [1.165, 1.54) is 18.0 Å². The molecule has 2 atom stereocenters. The monoisotopic (exact) mass is 403 g/mol. The molecule has 0 aliphatic carbocycles. The van der Waals surface area contributed by atoms with Crippen LogP contribution >= 0.6 is 11.9 Å². The number of nitrogens with zero attached hydrogens (tertiary/aromatic N) is 3. The summed E-state index contributed by atoms with van der Waals surface area (Å²) in [6.07, 6.45) is -4.71.